The molecule has 2 aromatic rings. The molecule has 0 fully saturated rings. The number of hydrogen-bond acceptors (Lipinski definition) is 4. The fourth-order valence-corrected chi connectivity index (χ4v) is 4.43. The quantitative estimate of drug-likeness (QED) is 0.844. The maximum absolute atomic E-state index is 13.9. The summed E-state index contributed by atoms with van der Waals surface area (Å²) >= 11 is 0.924. The highest BCUT2D eigenvalue weighted by molar-refractivity contribution is 7.92. The highest BCUT2D eigenvalue weighted by atomic mass is 32.2. The van der Waals surface area contributed by atoms with Crippen LogP contribution in [-0.2, 0) is 10.0 Å². The van der Waals surface area contributed by atoms with Crippen LogP contribution in [0.4, 0.5) is 14.5 Å². The first-order chi connectivity index (χ1) is 9.94. The topological polar surface area (TPSA) is 70.6 Å². The molecule has 3 rings (SSSR count). The van der Waals surface area contributed by atoms with Gasteiger partial charge in [0.1, 0.15) is 0 Å². The molecule has 0 atom stereocenters. The smallest absolute Gasteiger partial charge is 0.275 e. The van der Waals surface area contributed by atoms with Gasteiger partial charge in [-0.1, -0.05) is 12.1 Å². The lowest BCUT2D eigenvalue weighted by Gasteiger charge is -2.19. The van der Waals surface area contributed by atoms with Gasteiger partial charge in [0.25, 0.3) is 10.0 Å². The van der Waals surface area contributed by atoms with E-state index in [2.05, 4.69) is 15.0 Å². The van der Waals surface area contributed by atoms with E-state index in [4.69, 9.17) is 0 Å². The molecule has 0 unspecified atom stereocenters. The normalized spacial score (nSPS) is 18.0. The second-order valence-corrected chi connectivity index (χ2v) is 6.97. The Hall–Kier alpha value is -2.00. The van der Waals surface area contributed by atoms with E-state index in [-0.39, 0.29) is 27.0 Å². The third-order valence-electron chi connectivity index (χ3n) is 2.94. The molecule has 2 heterocycles. The molecule has 21 heavy (non-hydrogen) atoms. The summed E-state index contributed by atoms with van der Waals surface area (Å²) in [5.41, 5.74) is 0.467. The number of benzene rings is 1. The number of anilines is 1. The number of hydrogen-bond donors (Lipinski definition) is 2. The van der Waals surface area contributed by atoms with Gasteiger partial charge in [0, 0.05) is 23.6 Å². The Morgan fingerprint density at radius 3 is 2.71 bits per heavy atom. The summed E-state index contributed by atoms with van der Waals surface area (Å²) in [6, 6.07) is 3.75. The molecule has 2 N–H and O–H groups in total. The van der Waals surface area contributed by atoms with Crippen LogP contribution in [0.5, 0.6) is 0 Å². The van der Waals surface area contributed by atoms with Gasteiger partial charge in [0.15, 0.2) is 15.8 Å². The zero-order valence-electron chi connectivity index (χ0n) is 10.6. The van der Waals surface area contributed by atoms with Crippen molar-refractivity contribution in [3.63, 3.8) is 0 Å². The lowest BCUT2D eigenvalue weighted by Crippen LogP contribution is -2.39. The summed E-state index contributed by atoms with van der Waals surface area (Å²) in [6.45, 7) is 0. The van der Waals surface area contributed by atoms with E-state index in [1.807, 2.05) is 0 Å². The van der Waals surface area contributed by atoms with Gasteiger partial charge >= 0.3 is 0 Å². The molecule has 1 aliphatic heterocycles. The fourth-order valence-electron chi connectivity index (χ4n) is 1.99. The summed E-state index contributed by atoms with van der Waals surface area (Å²) in [7, 11) is -2.35. The molecule has 0 saturated heterocycles. The van der Waals surface area contributed by atoms with Crippen molar-refractivity contribution in [2.45, 2.75) is 4.21 Å². The Bertz CT molecular complexity index is 859. The fraction of sp³-hybridized carbons (Fsp3) is 0.0833. The van der Waals surface area contributed by atoms with E-state index in [9.17, 15) is 17.2 Å². The Balaban J connectivity index is 2.25. The minimum Gasteiger partial charge on any atom is -0.323 e. The van der Waals surface area contributed by atoms with E-state index >= 15 is 0 Å². The van der Waals surface area contributed by atoms with Gasteiger partial charge in [-0.15, -0.1) is 11.3 Å². The maximum Gasteiger partial charge on any atom is 0.275 e. The average Bonchev–Trinajstić information content (AvgIpc) is 2.86. The molecule has 0 amide bonds. The van der Waals surface area contributed by atoms with Gasteiger partial charge in [-0.2, -0.15) is 0 Å². The lowest BCUT2D eigenvalue weighted by molar-refractivity contribution is 0.511. The maximum atomic E-state index is 13.9. The van der Waals surface area contributed by atoms with Crippen LogP contribution in [0, 0.1) is 11.6 Å². The zero-order valence-corrected chi connectivity index (χ0v) is 12.3. The predicted octanol–water partition coefficient (Wildman–Crippen LogP) is 2.38. The van der Waals surface area contributed by atoms with Crippen molar-refractivity contribution in [1.29, 1.82) is 0 Å². The number of halogens is 2. The standard InChI is InChI=1S/C12H9F2N3O2S2/c1-15-12-16-10-7(5-20-11(10)21(18,19)17-12)6-3-2-4-8(13)9(6)14/h2-5H,1H3,(H2,15,16,17). The minimum atomic E-state index is -3.75. The van der Waals surface area contributed by atoms with E-state index < -0.39 is 21.7 Å². The molecule has 0 spiro atoms. The van der Waals surface area contributed by atoms with Crippen molar-refractivity contribution in [3.8, 4) is 11.1 Å². The van der Waals surface area contributed by atoms with Crippen molar-refractivity contribution in [2.75, 3.05) is 12.4 Å². The molecule has 110 valence electrons. The zero-order chi connectivity index (χ0) is 15.2. The highest BCUT2D eigenvalue weighted by Gasteiger charge is 2.31. The van der Waals surface area contributed by atoms with Crippen LogP contribution in [0.15, 0.2) is 32.8 Å². The summed E-state index contributed by atoms with van der Waals surface area (Å²) in [5, 5.41) is 4.24. The van der Waals surface area contributed by atoms with Gasteiger partial charge in [0.05, 0.1) is 5.69 Å². The van der Waals surface area contributed by atoms with E-state index in [0.717, 1.165) is 17.4 Å². The van der Waals surface area contributed by atoms with Crippen molar-refractivity contribution in [1.82, 2.24) is 4.72 Å². The van der Waals surface area contributed by atoms with Crippen molar-refractivity contribution in [3.05, 3.63) is 35.2 Å². The van der Waals surface area contributed by atoms with E-state index in [1.165, 1.54) is 24.6 Å². The summed E-state index contributed by atoms with van der Waals surface area (Å²) in [4.78, 5) is 3.75. The first-order valence-corrected chi connectivity index (χ1v) is 8.13. The lowest BCUT2D eigenvalue weighted by atomic mass is 10.1. The molecule has 1 aromatic heterocycles. The van der Waals surface area contributed by atoms with Gasteiger partial charge in [-0.25, -0.2) is 21.9 Å². The number of nitrogens with zero attached hydrogens (tertiary/aromatic N) is 1. The summed E-state index contributed by atoms with van der Waals surface area (Å²) in [5.74, 6) is -1.99. The Morgan fingerprint density at radius 2 is 2.00 bits per heavy atom. The number of fused-ring (bicyclic) bond motifs is 1. The number of nitrogens with one attached hydrogen (secondary N) is 2. The molecule has 0 bridgehead atoms. The van der Waals surface area contributed by atoms with Crippen LogP contribution in [0.1, 0.15) is 0 Å². The first kappa shape index (κ1) is 14.0. The third kappa shape index (κ3) is 2.18. The van der Waals surface area contributed by atoms with Crippen LogP contribution in [0.2, 0.25) is 0 Å². The van der Waals surface area contributed by atoms with Gasteiger partial charge in [-0.05, 0) is 6.07 Å². The second kappa shape index (κ2) is 4.78. The largest absolute Gasteiger partial charge is 0.323 e. The third-order valence-corrected chi connectivity index (χ3v) is 5.81. The van der Waals surface area contributed by atoms with E-state index in [0.29, 0.717) is 0 Å². The molecule has 0 saturated carbocycles. The van der Waals surface area contributed by atoms with Crippen molar-refractivity contribution >= 4 is 33.0 Å². The summed E-state index contributed by atoms with van der Waals surface area (Å²) < 4.78 is 53.6. The van der Waals surface area contributed by atoms with Crippen LogP contribution < -0.4 is 10.0 Å². The average molecular weight is 329 g/mol. The predicted molar refractivity (Wildman–Crippen MR) is 77.0 cm³/mol. The first-order valence-electron chi connectivity index (χ1n) is 5.76. The Kier molecular flexibility index (Phi) is 3.18. The molecule has 0 radical (unpaired) electrons. The van der Waals surface area contributed by atoms with Crippen LogP contribution in [0.3, 0.4) is 0 Å². The molecule has 9 heteroatoms. The van der Waals surface area contributed by atoms with E-state index in [1.54, 1.807) is 0 Å². The van der Waals surface area contributed by atoms with Crippen molar-refractivity contribution in [2.24, 2.45) is 4.99 Å². The highest BCUT2D eigenvalue weighted by Crippen LogP contribution is 2.41. The van der Waals surface area contributed by atoms with Gasteiger partial charge in [-0.3, -0.25) is 4.99 Å². The number of sulfonamides is 1. The monoisotopic (exact) mass is 329 g/mol. The molecule has 5 nitrogen and oxygen atoms in total. The van der Waals surface area contributed by atoms with Crippen LogP contribution >= 0.6 is 11.3 Å². The van der Waals surface area contributed by atoms with Gasteiger partial charge in [0.2, 0.25) is 5.96 Å². The number of thiophene rings is 1. The molecule has 1 aliphatic rings. The Morgan fingerprint density at radius 1 is 1.24 bits per heavy atom. The minimum absolute atomic E-state index is 0.00690. The van der Waals surface area contributed by atoms with Gasteiger partial charge < -0.3 is 5.32 Å². The summed E-state index contributed by atoms with van der Waals surface area (Å²) in [6.07, 6.45) is 0. The molecule has 0 aliphatic carbocycles. The molecular weight excluding hydrogens is 320 g/mol. The number of guanidine groups is 1. The SMILES string of the molecule is CN=C1Nc2c(-c3cccc(F)c3F)csc2S(=O)(=O)N1. The van der Waals surface area contributed by atoms with Crippen molar-refractivity contribution < 1.29 is 17.2 Å². The van der Waals surface area contributed by atoms with Crippen LogP contribution in [0.25, 0.3) is 11.1 Å². The Labute approximate surface area is 123 Å². The second-order valence-electron chi connectivity index (χ2n) is 4.22. The number of rotatable bonds is 1. The molecule has 1 aromatic carbocycles. The molecular formula is C12H9F2N3O2S2. The van der Waals surface area contributed by atoms with Crippen LogP contribution in [-0.4, -0.2) is 21.4 Å². The number of aliphatic imine (C=N–C) groups is 1.